The lowest BCUT2D eigenvalue weighted by Crippen LogP contribution is -2.42. The maximum atomic E-state index is 12.8. The third kappa shape index (κ3) is 4.68. The van der Waals surface area contributed by atoms with Crippen LogP contribution in [0, 0.1) is 0 Å². The molecule has 0 atom stereocenters. The van der Waals surface area contributed by atoms with E-state index in [0.717, 1.165) is 49.4 Å². The molecule has 0 amide bonds. The van der Waals surface area contributed by atoms with Crippen LogP contribution in [0.3, 0.4) is 0 Å². The topological polar surface area (TPSA) is 79.0 Å². The number of thioether (sulfide) groups is 1. The number of rotatable bonds is 4. The maximum Gasteiger partial charge on any atom is 0.243 e. The molecule has 2 aliphatic rings. The van der Waals surface area contributed by atoms with Gasteiger partial charge in [-0.05, 0) is 30.5 Å². The lowest BCUT2D eigenvalue weighted by Gasteiger charge is -2.27. The van der Waals surface area contributed by atoms with Crippen LogP contribution in [0.4, 0.5) is 0 Å². The fourth-order valence-corrected chi connectivity index (χ4v) is 5.61. The van der Waals surface area contributed by atoms with Crippen molar-refractivity contribution in [2.24, 2.45) is 10.7 Å². The van der Waals surface area contributed by atoms with Gasteiger partial charge in [-0.25, -0.2) is 13.4 Å². The average molecular weight is 383 g/mol. The number of aliphatic imine (C=N–C) groups is 1. The van der Waals surface area contributed by atoms with Crippen molar-refractivity contribution in [1.82, 2.24) is 9.21 Å². The lowest BCUT2D eigenvalue weighted by atomic mass is 10.2. The smallest absolute Gasteiger partial charge is 0.243 e. The van der Waals surface area contributed by atoms with E-state index in [1.54, 1.807) is 22.5 Å². The van der Waals surface area contributed by atoms with Gasteiger partial charge in [0.05, 0.1) is 11.4 Å². The second kappa shape index (κ2) is 8.42. The van der Waals surface area contributed by atoms with Crippen molar-refractivity contribution in [3.8, 4) is 0 Å². The minimum atomic E-state index is -3.40. The molecule has 0 spiro atoms. The van der Waals surface area contributed by atoms with Crippen molar-refractivity contribution in [3.05, 3.63) is 29.8 Å². The molecular weight excluding hydrogens is 356 g/mol. The molecule has 2 fully saturated rings. The molecule has 0 saturated carbocycles. The number of hydrogen-bond acceptors (Lipinski definition) is 4. The summed E-state index contributed by atoms with van der Waals surface area (Å²) in [7, 11) is -3.40. The standard InChI is InChI=1S/C17H26N4O2S2/c18-17(20-9-11-24-12-10-20)19-14-15-5-4-6-16(13-15)25(22,23)21-7-2-1-3-8-21/h4-6,13H,1-3,7-12,14H2,(H2,18,19). The van der Waals surface area contributed by atoms with Crippen molar-refractivity contribution < 1.29 is 8.42 Å². The van der Waals surface area contributed by atoms with Crippen LogP contribution in [0.2, 0.25) is 0 Å². The van der Waals surface area contributed by atoms with Crippen LogP contribution in [-0.4, -0.2) is 61.3 Å². The van der Waals surface area contributed by atoms with Crippen LogP contribution in [0.5, 0.6) is 0 Å². The monoisotopic (exact) mass is 382 g/mol. The van der Waals surface area contributed by atoms with Crippen molar-refractivity contribution in [2.75, 3.05) is 37.7 Å². The Hall–Kier alpha value is -1.25. The summed E-state index contributed by atoms with van der Waals surface area (Å²) in [6, 6.07) is 7.09. The lowest BCUT2D eigenvalue weighted by molar-refractivity contribution is 0.346. The summed E-state index contributed by atoms with van der Waals surface area (Å²) in [6.45, 7) is 3.47. The quantitative estimate of drug-likeness (QED) is 0.634. The fourth-order valence-electron chi connectivity index (χ4n) is 3.12. The molecule has 0 radical (unpaired) electrons. The second-order valence-corrected chi connectivity index (χ2v) is 9.55. The Morgan fingerprint density at radius 1 is 1.12 bits per heavy atom. The summed E-state index contributed by atoms with van der Waals surface area (Å²) < 4.78 is 27.2. The van der Waals surface area contributed by atoms with Crippen molar-refractivity contribution in [2.45, 2.75) is 30.7 Å². The normalized spacial score (nSPS) is 20.6. The van der Waals surface area contributed by atoms with Crippen molar-refractivity contribution in [1.29, 1.82) is 0 Å². The zero-order chi connectivity index (χ0) is 17.7. The molecule has 2 saturated heterocycles. The molecule has 1 aromatic carbocycles. The van der Waals surface area contributed by atoms with Gasteiger partial charge >= 0.3 is 0 Å². The highest BCUT2D eigenvalue weighted by molar-refractivity contribution is 7.99. The highest BCUT2D eigenvalue weighted by Crippen LogP contribution is 2.21. The molecule has 0 unspecified atom stereocenters. The van der Waals surface area contributed by atoms with Crippen molar-refractivity contribution >= 4 is 27.7 Å². The van der Waals surface area contributed by atoms with Gasteiger partial charge in [0.1, 0.15) is 0 Å². The summed E-state index contributed by atoms with van der Waals surface area (Å²) in [5.74, 6) is 2.68. The van der Waals surface area contributed by atoms with Crippen LogP contribution >= 0.6 is 11.8 Å². The Bertz CT molecular complexity index is 709. The first kappa shape index (κ1) is 18.5. The van der Waals surface area contributed by atoms with Gasteiger partial charge in [0.25, 0.3) is 0 Å². The Morgan fingerprint density at radius 2 is 1.84 bits per heavy atom. The molecule has 0 bridgehead atoms. The third-order valence-electron chi connectivity index (χ3n) is 4.61. The third-order valence-corrected chi connectivity index (χ3v) is 7.45. The van der Waals surface area contributed by atoms with E-state index in [0.29, 0.717) is 30.5 Å². The van der Waals surface area contributed by atoms with Gasteiger partial charge < -0.3 is 10.6 Å². The summed E-state index contributed by atoms with van der Waals surface area (Å²) >= 11 is 1.93. The van der Waals surface area contributed by atoms with Gasteiger partial charge in [-0.1, -0.05) is 18.6 Å². The van der Waals surface area contributed by atoms with Crippen LogP contribution in [0.25, 0.3) is 0 Å². The Labute approximate surface area is 154 Å². The summed E-state index contributed by atoms with van der Waals surface area (Å²) in [6.07, 6.45) is 2.98. The van der Waals surface area contributed by atoms with Gasteiger partial charge in [-0.2, -0.15) is 16.1 Å². The number of benzene rings is 1. The SMILES string of the molecule is NC(=NCc1cccc(S(=O)(=O)N2CCCCC2)c1)N1CCSCC1. The van der Waals surface area contributed by atoms with Gasteiger partial charge in [0.15, 0.2) is 5.96 Å². The van der Waals surface area contributed by atoms with E-state index in [1.165, 1.54) is 0 Å². The second-order valence-electron chi connectivity index (χ2n) is 6.39. The minimum absolute atomic E-state index is 0.357. The molecule has 2 heterocycles. The zero-order valence-corrected chi connectivity index (χ0v) is 16.1. The van der Waals surface area contributed by atoms with Gasteiger partial charge in [0.2, 0.25) is 10.0 Å². The predicted octanol–water partition coefficient (Wildman–Crippen LogP) is 1.72. The first-order valence-electron chi connectivity index (χ1n) is 8.79. The molecule has 1 aromatic rings. The molecule has 0 aliphatic carbocycles. The van der Waals surface area contributed by atoms with E-state index in [4.69, 9.17) is 5.73 Å². The highest BCUT2D eigenvalue weighted by Gasteiger charge is 2.25. The minimum Gasteiger partial charge on any atom is -0.370 e. The molecular formula is C17H26N4O2S2. The van der Waals surface area contributed by atoms with Crippen molar-refractivity contribution in [3.63, 3.8) is 0 Å². The van der Waals surface area contributed by atoms with E-state index in [2.05, 4.69) is 9.89 Å². The Morgan fingerprint density at radius 3 is 2.56 bits per heavy atom. The zero-order valence-electron chi connectivity index (χ0n) is 14.4. The summed E-state index contributed by atoms with van der Waals surface area (Å²) in [5, 5.41) is 0. The molecule has 25 heavy (non-hydrogen) atoms. The largest absolute Gasteiger partial charge is 0.370 e. The van der Waals surface area contributed by atoms with Crippen LogP contribution < -0.4 is 5.73 Å². The van der Waals surface area contributed by atoms with E-state index >= 15 is 0 Å². The molecule has 6 nitrogen and oxygen atoms in total. The molecule has 8 heteroatoms. The van der Waals surface area contributed by atoms with E-state index in [-0.39, 0.29) is 0 Å². The Balaban J connectivity index is 1.70. The molecule has 138 valence electrons. The fraction of sp³-hybridized carbons (Fsp3) is 0.588. The average Bonchev–Trinajstić information content (AvgIpc) is 2.67. The number of sulfonamides is 1. The van der Waals surface area contributed by atoms with Gasteiger partial charge in [-0.3, -0.25) is 0 Å². The highest BCUT2D eigenvalue weighted by atomic mass is 32.2. The molecule has 0 aromatic heterocycles. The van der Waals surface area contributed by atoms with E-state index < -0.39 is 10.0 Å². The van der Waals surface area contributed by atoms with Gasteiger partial charge in [-0.15, -0.1) is 0 Å². The number of piperidine rings is 1. The first-order valence-corrected chi connectivity index (χ1v) is 11.4. The predicted molar refractivity (Wildman–Crippen MR) is 103 cm³/mol. The van der Waals surface area contributed by atoms with E-state index in [9.17, 15) is 8.42 Å². The number of hydrogen-bond donors (Lipinski definition) is 1. The maximum absolute atomic E-state index is 12.8. The molecule has 2 aliphatic heterocycles. The molecule has 3 rings (SSSR count). The summed E-state index contributed by atoms with van der Waals surface area (Å²) in [5.41, 5.74) is 6.95. The molecule has 2 N–H and O–H groups in total. The van der Waals surface area contributed by atoms with E-state index in [1.807, 2.05) is 17.8 Å². The summed E-state index contributed by atoms with van der Waals surface area (Å²) in [4.78, 5) is 6.90. The van der Waals surface area contributed by atoms with Crippen LogP contribution in [-0.2, 0) is 16.6 Å². The van der Waals surface area contributed by atoms with Crippen LogP contribution in [0.15, 0.2) is 34.2 Å². The Kier molecular flexibility index (Phi) is 6.24. The van der Waals surface area contributed by atoms with Crippen LogP contribution in [0.1, 0.15) is 24.8 Å². The first-order chi connectivity index (χ1) is 12.1. The number of nitrogens with zero attached hydrogens (tertiary/aromatic N) is 3. The number of guanidine groups is 1. The van der Waals surface area contributed by atoms with Gasteiger partial charge in [0, 0.05) is 37.7 Å². The number of nitrogens with two attached hydrogens (primary N) is 1.